The molecule has 3 N–H and O–H groups in total. The maximum Gasteiger partial charge on any atom is 0.197 e. The monoisotopic (exact) mass is 288 g/mol. The van der Waals surface area contributed by atoms with Crippen LogP contribution in [0.15, 0.2) is 29.2 Å². The number of nitrogens with one attached hydrogen (secondary N) is 1. The van der Waals surface area contributed by atoms with E-state index in [4.69, 9.17) is 5.73 Å². The van der Waals surface area contributed by atoms with Gasteiger partial charge in [-0.2, -0.15) is 11.3 Å². The number of hydrogen-bond acceptors (Lipinski definition) is 5. The highest BCUT2D eigenvalue weighted by molar-refractivity contribution is 7.07. The summed E-state index contributed by atoms with van der Waals surface area (Å²) in [6.07, 6.45) is 6.64. The number of imidazole rings is 1. The first-order valence-electron chi connectivity index (χ1n) is 6.49. The van der Waals surface area contributed by atoms with Crippen LogP contribution in [0, 0.1) is 0 Å². The van der Waals surface area contributed by atoms with Crippen molar-refractivity contribution in [1.29, 1.82) is 0 Å². The smallest absolute Gasteiger partial charge is 0.197 e. The third kappa shape index (κ3) is 3.24. The molecule has 3 rings (SSSR count). The molecule has 0 bridgehead atoms. The normalized spacial score (nSPS) is 11.0. The summed E-state index contributed by atoms with van der Waals surface area (Å²) in [7, 11) is 0. The first kappa shape index (κ1) is 12.9. The average Bonchev–Trinajstić information content (AvgIpc) is 3.14. The third-order valence-corrected chi connectivity index (χ3v) is 3.76. The molecule has 0 fully saturated rings. The van der Waals surface area contributed by atoms with Gasteiger partial charge in [-0.3, -0.25) is 0 Å². The van der Waals surface area contributed by atoms with Gasteiger partial charge in [-0.05, 0) is 41.7 Å². The zero-order chi connectivity index (χ0) is 13.8. The first-order valence-corrected chi connectivity index (χ1v) is 7.44. The molecule has 7 heteroatoms. The van der Waals surface area contributed by atoms with Crippen LogP contribution in [0.4, 0.5) is 5.95 Å². The van der Waals surface area contributed by atoms with Crippen LogP contribution in [-0.2, 0) is 19.4 Å². The topological polar surface area (TPSA) is 85.4 Å². The van der Waals surface area contributed by atoms with Crippen molar-refractivity contribution in [1.82, 2.24) is 25.0 Å². The minimum Gasteiger partial charge on any atom is -0.369 e. The van der Waals surface area contributed by atoms with Crippen LogP contribution in [0.25, 0.3) is 0 Å². The third-order valence-electron chi connectivity index (χ3n) is 3.03. The maximum absolute atomic E-state index is 5.54. The van der Waals surface area contributed by atoms with Crippen LogP contribution < -0.4 is 5.73 Å². The first-order chi connectivity index (χ1) is 9.79. The number of thiophene rings is 1. The molecular weight excluding hydrogens is 272 g/mol. The van der Waals surface area contributed by atoms with E-state index in [-0.39, 0.29) is 0 Å². The molecule has 0 amide bonds. The summed E-state index contributed by atoms with van der Waals surface area (Å²) in [5.41, 5.74) is 8.81. The van der Waals surface area contributed by atoms with Gasteiger partial charge in [0.2, 0.25) is 0 Å². The summed E-state index contributed by atoms with van der Waals surface area (Å²) in [5, 5.41) is 12.5. The summed E-state index contributed by atoms with van der Waals surface area (Å²) in [5.74, 6) is 0.474. The van der Waals surface area contributed by atoms with Crippen molar-refractivity contribution in [3.05, 3.63) is 46.2 Å². The summed E-state index contributed by atoms with van der Waals surface area (Å²) >= 11 is 1.70. The second-order valence-corrected chi connectivity index (χ2v) is 5.45. The molecule has 0 aliphatic rings. The van der Waals surface area contributed by atoms with Gasteiger partial charge < -0.3 is 10.7 Å². The molecule has 3 aromatic heterocycles. The van der Waals surface area contributed by atoms with Gasteiger partial charge in [-0.1, -0.05) is 5.21 Å². The SMILES string of the molecule is Nc1nc(CCCc2cn(Cc3ccsc3)nn2)c[nH]1. The fraction of sp³-hybridized carbons (Fsp3) is 0.308. The molecule has 0 radical (unpaired) electrons. The predicted octanol–water partition coefficient (Wildman–Crippen LogP) is 1.87. The second-order valence-electron chi connectivity index (χ2n) is 4.67. The number of nitrogens with zero attached hydrogens (tertiary/aromatic N) is 4. The molecule has 0 saturated carbocycles. The lowest BCUT2D eigenvalue weighted by Crippen LogP contribution is -1.98. The molecule has 0 spiro atoms. The molecule has 3 aromatic rings. The molecular formula is C13H16N6S. The number of aromatic nitrogens is 5. The van der Waals surface area contributed by atoms with Gasteiger partial charge in [0.15, 0.2) is 5.95 Å². The van der Waals surface area contributed by atoms with Crippen LogP contribution in [0.1, 0.15) is 23.4 Å². The Morgan fingerprint density at radius 2 is 2.20 bits per heavy atom. The van der Waals surface area contributed by atoms with Gasteiger partial charge in [0, 0.05) is 12.4 Å². The number of hydrogen-bond donors (Lipinski definition) is 2. The van der Waals surface area contributed by atoms with Gasteiger partial charge in [0.1, 0.15) is 0 Å². The van der Waals surface area contributed by atoms with E-state index in [9.17, 15) is 0 Å². The van der Waals surface area contributed by atoms with Crippen molar-refractivity contribution in [2.45, 2.75) is 25.8 Å². The van der Waals surface area contributed by atoms with Gasteiger partial charge in [0.25, 0.3) is 0 Å². The Morgan fingerprint density at radius 1 is 1.30 bits per heavy atom. The van der Waals surface area contributed by atoms with E-state index in [0.717, 1.165) is 37.2 Å². The standard InChI is InChI=1S/C13H16N6S/c14-13-15-6-11(16-13)2-1-3-12-8-19(18-17-12)7-10-4-5-20-9-10/h4-6,8-9H,1-3,7H2,(H3,14,15,16). The minimum atomic E-state index is 0.474. The van der Waals surface area contributed by atoms with E-state index in [1.807, 2.05) is 17.1 Å². The number of aromatic amines is 1. The van der Waals surface area contributed by atoms with Crippen molar-refractivity contribution >= 4 is 17.3 Å². The van der Waals surface area contributed by atoms with Gasteiger partial charge >= 0.3 is 0 Å². The highest BCUT2D eigenvalue weighted by Crippen LogP contribution is 2.09. The van der Waals surface area contributed by atoms with Crippen molar-refractivity contribution in [3.63, 3.8) is 0 Å². The van der Waals surface area contributed by atoms with Crippen LogP contribution in [0.3, 0.4) is 0 Å². The fourth-order valence-corrected chi connectivity index (χ4v) is 2.72. The van der Waals surface area contributed by atoms with E-state index in [2.05, 4.69) is 37.1 Å². The van der Waals surface area contributed by atoms with Gasteiger partial charge in [-0.15, -0.1) is 5.10 Å². The molecule has 0 atom stereocenters. The zero-order valence-corrected chi connectivity index (χ0v) is 11.8. The Morgan fingerprint density at radius 3 is 2.95 bits per heavy atom. The molecule has 0 saturated heterocycles. The molecule has 0 aliphatic carbocycles. The minimum absolute atomic E-state index is 0.474. The predicted molar refractivity (Wildman–Crippen MR) is 78.5 cm³/mol. The summed E-state index contributed by atoms with van der Waals surface area (Å²) in [6, 6.07) is 2.11. The van der Waals surface area contributed by atoms with E-state index in [0.29, 0.717) is 5.95 Å². The number of aryl methyl sites for hydroxylation is 2. The van der Waals surface area contributed by atoms with E-state index < -0.39 is 0 Å². The molecule has 6 nitrogen and oxygen atoms in total. The summed E-state index contributed by atoms with van der Waals surface area (Å²) < 4.78 is 1.88. The molecule has 104 valence electrons. The molecule has 0 aromatic carbocycles. The molecule has 3 heterocycles. The highest BCUT2D eigenvalue weighted by Gasteiger charge is 2.03. The Hall–Kier alpha value is -2.15. The quantitative estimate of drug-likeness (QED) is 0.725. The van der Waals surface area contributed by atoms with Crippen LogP contribution in [0.5, 0.6) is 0 Å². The van der Waals surface area contributed by atoms with Crippen molar-refractivity contribution in [2.24, 2.45) is 0 Å². The lowest BCUT2D eigenvalue weighted by atomic mass is 10.2. The summed E-state index contributed by atoms with van der Waals surface area (Å²) in [6.45, 7) is 0.784. The van der Waals surface area contributed by atoms with E-state index in [1.54, 1.807) is 11.3 Å². The van der Waals surface area contributed by atoms with Crippen molar-refractivity contribution < 1.29 is 0 Å². The number of nitrogens with two attached hydrogens (primary N) is 1. The van der Waals surface area contributed by atoms with Crippen LogP contribution >= 0.6 is 11.3 Å². The number of nitrogen functional groups attached to an aromatic ring is 1. The number of H-pyrrole nitrogens is 1. The largest absolute Gasteiger partial charge is 0.369 e. The molecule has 0 aliphatic heterocycles. The lowest BCUT2D eigenvalue weighted by molar-refractivity contribution is 0.650. The average molecular weight is 288 g/mol. The van der Waals surface area contributed by atoms with Gasteiger partial charge in [-0.25, -0.2) is 9.67 Å². The zero-order valence-electron chi connectivity index (χ0n) is 11.0. The Balaban J connectivity index is 1.50. The Bertz CT molecular complexity index is 654. The van der Waals surface area contributed by atoms with Crippen LogP contribution in [-0.4, -0.2) is 25.0 Å². The lowest BCUT2D eigenvalue weighted by Gasteiger charge is -1.96. The molecule has 0 unspecified atom stereocenters. The van der Waals surface area contributed by atoms with Gasteiger partial charge in [0.05, 0.1) is 17.9 Å². The van der Waals surface area contributed by atoms with Crippen molar-refractivity contribution in [3.8, 4) is 0 Å². The Labute approximate surface area is 120 Å². The molecule has 20 heavy (non-hydrogen) atoms. The van der Waals surface area contributed by atoms with E-state index >= 15 is 0 Å². The summed E-state index contributed by atoms with van der Waals surface area (Å²) in [4.78, 5) is 7.06. The maximum atomic E-state index is 5.54. The fourth-order valence-electron chi connectivity index (χ4n) is 2.06. The second kappa shape index (κ2) is 5.87. The van der Waals surface area contributed by atoms with Crippen LogP contribution in [0.2, 0.25) is 0 Å². The number of anilines is 1. The Kier molecular flexibility index (Phi) is 3.78. The number of rotatable bonds is 6. The highest BCUT2D eigenvalue weighted by atomic mass is 32.1. The van der Waals surface area contributed by atoms with E-state index in [1.165, 1.54) is 5.56 Å². The van der Waals surface area contributed by atoms with Crippen molar-refractivity contribution in [2.75, 3.05) is 5.73 Å².